The number of hydrogen-bond donors (Lipinski definition) is 0. The van der Waals surface area contributed by atoms with Crippen LogP contribution in [0.5, 0.6) is 5.75 Å². The molecule has 0 N–H and O–H groups in total. The van der Waals surface area contributed by atoms with Crippen LogP contribution >= 0.6 is 0 Å². The van der Waals surface area contributed by atoms with Gasteiger partial charge in [-0.25, -0.2) is 0 Å². The second kappa shape index (κ2) is 8.86. The molecule has 1 aliphatic heterocycles. The van der Waals surface area contributed by atoms with Gasteiger partial charge < -0.3 is 14.4 Å². The van der Waals surface area contributed by atoms with Crippen LogP contribution in [0, 0.1) is 0 Å². The van der Waals surface area contributed by atoms with Gasteiger partial charge in [-0.05, 0) is 36.1 Å². The van der Waals surface area contributed by atoms with Crippen molar-refractivity contribution in [2.24, 2.45) is 0 Å². The normalized spacial score (nSPS) is 20.2. The average molecular weight is 353 g/mol. The maximum atomic E-state index is 12.6. The van der Waals surface area contributed by atoms with Crippen LogP contribution in [0.4, 0.5) is 0 Å². The number of benzene rings is 2. The molecule has 2 aromatic rings. The number of nitrogens with zero attached hydrogens (tertiary/aromatic N) is 1. The van der Waals surface area contributed by atoms with Gasteiger partial charge in [0.15, 0.2) is 0 Å². The third kappa shape index (κ3) is 4.44. The van der Waals surface area contributed by atoms with Gasteiger partial charge in [0, 0.05) is 13.0 Å². The first-order valence-electron chi connectivity index (χ1n) is 9.29. The molecule has 26 heavy (non-hydrogen) atoms. The first kappa shape index (κ1) is 18.5. The first-order valence-corrected chi connectivity index (χ1v) is 9.29. The van der Waals surface area contributed by atoms with E-state index in [0.717, 1.165) is 24.2 Å². The van der Waals surface area contributed by atoms with Crippen molar-refractivity contribution in [3.05, 3.63) is 65.7 Å². The summed E-state index contributed by atoms with van der Waals surface area (Å²) in [5, 5.41) is 0. The summed E-state index contributed by atoms with van der Waals surface area (Å²) in [5.74, 6) is 1.04. The number of methoxy groups -OCH3 is 1. The molecule has 0 bridgehead atoms. The topological polar surface area (TPSA) is 38.8 Å². The molecule has 138 valence electrons. The highest BCUT2D eigenvalue weighted by Crippen LogP contribution is 2.27. The summed E-state index contributed by atoms with van der Waals surface area (Å²) in [6, 6.07) is 18.2. The fourth-order valence-electron chi connectivity index (χ4n) is 3.58. The minimum atomic E-state index is 0.0798. The summed E-state index contributed by atoms with van der Waals surface area (Å²) >= 11 is 0. The fraction of sp³-hybridized carbons (Fsp3) is 0.409. The third-order valence-corrected chi connectivity index (χ3v) is 5.03. The van der Waals surface area contributed by atoms with Crippen molar-refractivity contribution >= 4 is 5.91 Å². The highest BCUT2D eigenvalue weighted by molar-refractivity contribution is 5.77. The van der Waals surface area contributed by atoms with Crippen molar-refractivity contribution in [3.8, 4) is 5.75 Å². The van der Waals surface area contributed by atoms with Gasteiger partial charge >= 0.3 is 0 Å². The van der Waals surface area contributed by atoms with Crippen LogP contribution in [-0.2, 0) is 22.7 Å². The van der Waals surface area contributed by atoms with E-state index in [-0.39, 0.29) is 18.1 Å². The van der Waals surface area contributed by atoms with Gasteiger partial charge in [0.05, 0.1) is 25.9 Å². The molecular weight excluding hydrogens is 326 g/mol. The fourth-order valence-corrected chi connectivity index (χ4v) is 3.58. The molecule has 0 saturated carbocycles. The largest absolute Gasteiger partial charge is 0.497 e. The smallest absolute Gasteiger partial charge is 0.223 e. The van der Waals surface area contributed by atoms with E-state index in [4.69, 9.17) is 9.47 Å². The zero-order valence-electron chi connectivity index (χ0n) is 15.6. The molecule has 0 radical (unpaired) electrons. The zero-order chi connectivity index (χ0) is 18.4. The Kier molecular flexibility index (Phi) is 6.29. The van der Waals surface area contributed by atoms with Crippen LogP contribution in [0.1, 0.15) is 37.3 Å². The summed E-state index contributed by atoms with van der Waals surface area (Å²) in [6.07, 6.45) is 2.31. The third-order valence-electron chi connectivity index (χ3n) is 5.03. The van der Waals surface area contributed by atoms with E-state index in [2.05, 4.69) is 19.1 Å². The number of rotatable bonds is 7. The Morgan fingerprint density at radius 2 is 1.77 bits per heavy atom. The van der Waals surface area contributed by atoms with Gasteiger partial charge in [0.25, 0.3) is 0 Å². The van der Waals surface area contributed by atoms with E-state index in [1.807, 2.05) is 47.4 Å². The number of hydrogen-bond acceptors (Lipinski definition) is 3. The number of carbonyl (C=O) groups is 1. The number of ether oxygens (including phenoxy) is 2. The maximum Gasteiger partial charge on any atom is 0.223 e. The second-order valence-electron chi connectivity index (χ2n) is 6.72. The molecule has 2 atom stereocenters. The zero-order valence-corrected chi connectivity index (χ0v) is 15.6. The Balaban J connectivity index is 1.67. The lowest BCUT2D eigenvalue weighted by molar-refractivity contribution is -0.146. The lowest BCUT2D eigenvalue weighted by Crippen LogP contribution is -2.51. The van der Waals surface area contributed by atoms with E-state index in [1.54, 1.807) is 7.11 Å². The van der Waals surface area contributed by atoms with Gasteiger partial charge in [-0.1, -0.05) is 49.4 Å². The molecule has 0 aromatic heterocycles. The van der Waals surface area contributed by atoms with E-state index in [9.17, 15) is 4.79 Å². The summed E-state index contributed by atoms with van der Waals surface area (Å²) in [6.45, 7) is 3.34. The molecule has 0 unspecified atom stereocenters. The lowest BCUT2D eigenvalue weighted by Gasteiger charge is -2.40. The predicted molar refractivity (Wildman–Crippen MR) is 102 cm³/mol. The second-order valence-corrected chi connectivity index (χ2v) is 6.72. The highest BCUT2D eigenvalue weighted by atomic mass is 16.5. The Bertz CT molecular complexity index is 699. The van der Waals surface area contributed by atoms with E-state index >= 15 is 0 Å². The maximum absolute atomic E-state index is 12.6. The van der Waals surface area contributed by atoms with Crippen LogP contribution in [0.15, 0.2) is 54.6 Å². The molecule has 3 rings (SSSR count). The van der Waals surface area contributed by atoms with Crippen molar-refractivity contribution in [1.82, 2.24) is 4.90 Å². The van der Waals surface area contributed by atoms with Crippen molar-refractivity contribution < 1.29 is 14.3 Å². The minimum Gasteiger partial charge on any atom is -0.497 e. The molecule has 4 heteroatoms. The van der Waals surface area contributed by atoms with Crippen LogP contribution in [-0.4, -0.2) is 30.1 Å². The molecule has 2 aromatic carbocycles. The lowest BCUT2D eigenvalue weighted by atomic mass is 9.95. The summed E-state index contributed by atoms with van der Waals surface area (Å²) in [4.78, 5) is 14.5. The van der Waals surface area contributed by atoms with Crippen molar-refractivity contribution in [3.63, 3.8) is 0 Å². The molecule has 1 amide bonds. The predicted octanol–water partition coefficient (Wildman–Crippen LogP) is 4.18. The minimum absolute atomic E-state index is 0.0798. The quantitative estimate of drug-likeness (QED) is 0.749. The molecule has 0 aliphatic carbocycles. The molecule has 1 saturated heterocycles. The van der Waals surface area contributed by atoms with E-state index in [1.165, 1.54) is 5.56 Å². The van der Waals surface area contributed by atoms with Gasteiger partial charge in [0.2, 0.25) is 5.91 Å². The molecule has 0 spiro atoms. The number of amides is 1. The molecular formula is C22H27NO3. The Labute approximate surface area is 155 Å². The SMILES string of the molecule is CC[C@H]1[C@@H](OCc2ccccc2)CCC(=O)N1Cc1ccc(OC)cc1. The number of piperidine rings is 1. The van der Waals surface area contributed by atoms with Crippen molar-refractivity contribution in [2.45, 2.75) is 51.5 Å². The van der Waals surface area contributed by atoms with Gasteiger partial charge in [-0.3, -0.25) is 4.79 Å². The number of carbonyl (C=O) groups excluding carboxylic acids is 1. The van der Waals surface area contributed by atoms with Crippen LogP contribution < -0.4 is 4.74 Å². The van der Waals surface area contributed by atoms with Gasteiger partial charge in [-0.15, -0.1) is 0 Å². The van der Waals surface area contributed by atoms with Crippen LogP contribution in [0.25, 0.3) is 0 Å². The summed E-state index contributed by atoms with van der Waals surface area (Å²) in [5.41, 5.74) is 2.28. The van der Waals surface area contributed by atoms with Crippen LogP contribution in [0.2, 0.25) is 0 Å². The standard InChI is InChI=1S/C22H27NO3/c1-3-20-21(26-16-18-7-5-4-6-8-18)13-14-22(24)23(20)15-17-9-11-19(25-2)12-10-17/h4-12,20-21H,3,13-16H2,1-2H3/t20-,21-/m0/s1. The average Bonchev–Trinajstić information content (AvgIpc) is 2.69. The van der Waals surface area contributed by atoms with Crippen molar-refractivity contribution in [2.75, 3.05) is 7.11 Å². The Morgan fingerprint density at radius 3 is 2.42 bits per heavy atom. The molecule has 1 heterocycles. The van der Waals surface area contributed by atoms with Crippen molar-refractivity contribution in [1.29, 1.82) is 0 Å². The van der Waals surface area contributed by atoms with Gasteiger partial charge in [-0.2, -0.15) is 0 Å². The Morgan fingerprint density at radius 1 is 1.04 bits per heavy atom. The monoisotopic (exact) mass is 353 g/mol. The molecule has 1 aliphatic rings. The summed E-state index contributed by atoms with van der Waals surface area (Å²) in [7, 11) is 1.66. The van der Waals surface area contributed by atoms with E-state index in [0.29, 0.717) is 19.6 Å². The van der Waals surface area contributed by atoms with Gasteiger partial charge in [0.1, 0.15) is 5.75 Å². The molecule has 1 fully saturated rings. The Hall–Kier alpha value is -2.33. The van der Waals surface area contributed by atoms with E-state index < -0.39 is 0 Å². The van der Waals surface area contributed by atoms with Crippen LogP contribution in [0.3, 0.4) is 0 Å². The summed E-state index contributed by atoms with van der Waals surface area (Å²) < 4.78 is 11.4. The number of likely N-dealkylation sites (tertiary alicyclic amines) is 1. The molecule has 4 nitrogen and oxygen atoms in total. The first-order chi connectivity index (χ1) is 12.7. The highest BCUT2D eigenvalue weighted by Gasteiger charge is 2.35.